The van der Waals surface area contributed by atoms with Crippen molar-refractivity contribution in [2.45, 2.75) is 6.42 Å². The average Bonchev–Trinajstić information content (AvgIpc) is 3.29. The number of fused-ring (bicyclic) bond motifs is 3. The van der Waals surface area contributed by atoms with Gasteiger partial charge in [0.1, 0.15) is 13.1 Å². The molecular formula is C22H23N4O2+. The number of aromatic nitrogens is 2. The Morgan fingerprint density at radius 3 is 2.64 bits per heavy atom. The first-order valence-corrected chi connectivity index (χ1v) is 9.70. The summed E-state index contributed by atoms with van der Waals surface area (Å²) in [6.45, 7) is 3.11. The molecule has 142 valence electrons. The summed E-state index contributed by atoms with van der Waals surface area (Å²) in [5, 5.41) is 11.0. The lowest BCUT2D eigenvalue weighted by Crippen LogP contribution is -2.60. The highest BCUT2D eigenvalue weighted by atomic mass is 16.5. The van der Waals surface area contributed by atoms with Crippen LogP contribution in [0.4, 0.5) is 11.5 Å². The second kappa shape index (κ2) is 6.89. The number of anilines is 1. The van der Waals surface area contributed by atoms with Crippen molar-refractivity contribution in [3.63, 3.8) is 0 Å². The summed E-state index contributed by atoms with van der Waals surface area (Å²) in [6.07, 6.45) is 0.860. The lowest BCUT2D eigenvalue weighted by Gasteiger charge is -2.38. The number of aromatic amines is 1. The first-order chi connectivity index (χ1) is 13.8. The van der Waals surface area contributed by atoms with Gasteiger partial charge in [-0.05, 0) is 17.7 Å². The SMILES string of the molecule is O=C(C[N+]1(c2n[nH]c3c2Cc2ccccc2-3)CCOCC1)Nc1ccccc1. The number of carbonyl (C=O) groups is 1. The third-order valence-electron chi connectivity index (χ3n) is 5.78. The summed E-state index contributed by atoms with van der Waals surface area (Å²) in [7, 11) is 0. The maximum Gasteiger partial charge on any atom is 0.280 e. The molecule has 6 nitrogen and oxygen atoms in total. The van der Waals surface area contributed by atoms with E-state index in [2.05, 4.69) is 34.7 Å². The Hall–Kier alpha value is -2.96. The maximum atomic E-state index is 12.9. The standard InChI is InChI=1S/C22H22N4O2/c27-20(23-17-7-2-1-3-8-17)15-26(10-12-28-13-11-26)22-19-14-16-6-4-5-9-18(16)21(19)24-25-22/h1-9H,10-15H2,(H-,23,24,25,27)/p+1. The van der Waals surface area contributed by atoms with Gasteiger partial charge in [-0.15, -0.1) is 5.10 Å². The Balaban J connectivity index is 1.46. The summed E-state index contributed by atoms with van der Waals surface area (Å²) >= 11 is 0. The molecule has 3 aromatic rings. The van der Waals surface area contributed by atoms with Crippen molar-refractivity contribution in [3.05, 3.63) is 65.7 Å². The number of amides is 1. The molecule has 0 atom stereocenters. The van der Waals surface area contributed by atoms with Crippen molar-refractivity contribution >= 4 is 17.4 Å². The van der Waals surface area contributed by atoms with Crippen LogP contribution in [-0.2, 0) is 16.0 Å². The highest BCUT2D eigenvalue weighted by Gasteiger charge is 2.42. The average molecular weight is 375 g/mol. The van der Waals surface area contributed by atoms with Crippen LogP contribution in [0.3, 0.4) is 0 Å². The van der Waals surface area contributed by atoms with Gasteiger partial charge in [-0.1, -0.05) is 42.5 Å². The van der Waals surface area contributed by atoms with E-state index in [1.807, 2.05) is 30.3 Å². The third-order valence-corrected chi connectivity index (χ3v) is 5.78. The molecule has 28 heavy (non-hydrogen) atoms. The predicted octanol–water partition coefficient (Wildman–Crippen LogP) is 2.96. The van der Waals surface area contributed by atoms with Crippen LogP contribution in [0.15, 0.2) is 54.6 Å². The lowest BCUT2D eigenvalue weighted by atomic mass is 10.1. The minimum Gasteiger partial charge on any atom is -0.370 e. The monoisotopic (exact) mass is 375 g/mol. The maximum absolute atomic E-state index is 12.9. The highest BCUT2D eigenvalue weighted by molar-refractivity contribution is 5.93. The van der Waals surface area contributed by atoms with Gasteiger partial charge in [0.2, 0.25) is 0 Å². The number of nitrogens with zero attached hydrogens (tertiary/aromatic N) is 2. The predicted molar refractivity (Wildman–Crippen MR) is 109 cm³/mol. The van der Waals surface area contributed by atoms with Gasteiger partial charge in [-0.25, -0.2) is 0 Å². The molecule has 1 aromatic heterocycles. The summed E-state index contributed by atoms with van der Waals surface area (Å²) < 4.78 is 6.14. The van der Waals surface area contributed by atoms with Crippen LogP contribution < -0.4 is 9.80 Å². The number of hydrogen-bond donors (Lipinski definition) is 2. The Kier molecular flexibility index (Phi) is 4.22. The summed E-state index contributed by atoms with van der Waals surface area (Å²) in [5.74, 6) is 0.984. The Bertz CT molecular complexity index is 1010. The van der Waals surface area contributed by atoms with E-state index in [-0.39, 0.29) is 5.91 Å². The van der Waals surface area contributed by atoms with E-state index in [1.165, 1.54) is 16.7 Å². The molecule has 2 aromatic carbocycles. The first kappa shape index (κ1) is 17.2. The molecule has 1 saturated heterocycles. The molecule has 2 N–H and O–H groups in total. The van der Waals surface area contributed by atoms with Crippen LogP contribution in [0.1, 0.15) is 11.1 Å². The smallest absolute Gasteiger partial charge is 0.280 e. The molecule has 0 unspecified atom stereocenters. The summed E-state index contributed by atoms with van der Waals surface area (Å²) in [6, 6.07) is 18.0. The number of H-pyrrole nitrogens is 1. The van der Waals surface area contributed by atoms with Gasteiger partial charge >= 0.3 is 0 Å². The Morgan fingerprint density at radius 1 is 1.07 bits per heavy atom. The van der Waals surface area contributed by atoms with Gasteiger partial charge in [0.05, 0.1) is 24.5 Å². The van der Waals surface area contributed by atoms with Crippen molar-refractivity contribution in [3.8, 4) is 11.3 Å². The van der Waals surface area contributed by atoms with Crippen LogP contribution in [-0.4, -0.2) is 49.0 Å². The van der Waals surface area contributed by atoms with Gasteiger partial charge in [0, 0.05) is 17.7 Å². The molecule has 1 aliphatic heterocycles. The lowest BCUT2D eigenvalue weighted by molar-refractivity contribution is -0.118. The molecule has 6 heteroatoms. The van der Waals surface area contributed by atoms with Gasteiger partial charge in [0.15, 0.2) is 6.54 Å². The number of benzene rings is 2. The van der Waals surface area contributed by atoms with Crippen molar-refractivity contribution in [2.24, 2.45) is 0 Å². The molecule has 0 spiro atoms. The number of carbonyl (C=O) groups excluding carboxylic acids is 1. The minimum absolute atomic E-state index is 0.000334. The van der Waals surface area contributed by atoms with Crippen molar-refractivity contribution in [1.82, 2.24) is 14.7 Å². The fraction of sp³-hybridized carbons (Fsp3) is 0.273. The van der Waals surface area contributed by atoms with E-state index in [1.54, 1.807) is 0 Å². The molecule has 0 saturated carbocycles. The summed E-state index contributed by atoms with van der Waals surface area (Å²) in [4.78, 5) is 12.9. The second-order valence-electron chi connectivity index (χ2n) is 7.51. The number of morpholine rings is 1. The van der Waals surface area contributed by atoms with E-state index in [0.29, 0.717) is 24.2 Å². The number of quaternary nitrogens is 1. The largest absolute Gasteiger partial charge is 0.370 e. The third kappa shape index (κ3) is 2.91. The van der Waals surface area contributed by atoms with E-state index < -0.39 is 0 Å². The van der Waals surface area contributed by atoms with Crippen LogP contribution >= 0.6 is 0 Å². The first-order valence-electron chi connectivity index (χ1n) is 9.70. The molecule has 1 aliphatic carbocycles. The molecule has 1 fully saturated rings. The number of rotatable bonds is 4. The van der Waals surface area contributed by atoms with Gasteiger partial charge < -0.3 is 10.1 Å². The molecule has 1 amide bonds. The van der Waals surface area contributed by atoms with Crippen molar-refractivity contribution in [1.29, 1.82) is 0 Å². The molecule has 5 rings (SSSR count). The van der Waals surface area contributed by atoms with Crippen LogP contribution in [0.2, 0.25) is 0 Å². The van der Waals surface area contributed by atoms with Crippen LogP contribution in [0.5, 0.6) is 0 Å². The Labute approximate surface area is 163 Å². The van der Waals surface area contributed by atoms with Gasteiger partial charge in [-0.3, -0.25) is 14.4 Å². The van der Waals surface area contributed by atoms with Crippen LogP contribution in [0.25, 0.3) is 11.3 Å². The van der Waals surface area contributed by atoms with E-state index in [9.17, 15) is 4.79 Å². The quantitative estimate of drug-likeness (QED) is 0.539. The molecular weight excluding hydrogens is 352 g/mol. The second-order valence-corrected chi connectivity index (χ2v) is 7.51. The Morgan fingerprint density at radius 2 is 1.82 bits per heavy atom. The summed E-state index contributed by atoms with van der Waals surface area (Å²) in [5.41, 5.74) is 5.66. The van der Waals surface area contributed by atoms with E-state index >= 15 is 0 Å². The van der Waals surface area contributed by atoms with Crippen LogP contribution in [0, 0.1) is 0 Å². The molecule has 2 aliphatic rings. The number of nitrogens with one attached hydrogen (secondary N) is 2. The molecule has 0 bridgehead atoms. The van der Waals surface area contributed by atoms with E-state index in [0.717, 1.165) is 36.7 Å². The molecule has 2 heterocycles. The van der Waals surface area contributed by atoms with Crippen molar-refractivity contribution < 1.29 is 9.53 Å². The fourth-order valence-electron chi connectivity index (χ4n) is 4.38. The normalized spacial score (nSPS) is 17.0. The topological polar surface area (TPSA) is 67.0 Å². The van der Waals surface area contributed by atoms with Crippen molar-refractivity contribution in [2.75, 3.05) is 38.2 Å². The zero-order chi connectivity index (χ0) is 19.0. The van der Waals surface area contributed by atoms with Gasteiger partial charge in [0.25, 0.3) is 11.7 Å². The fourth-order valence-corrected chi connectivity index (χ4v) is 4.38. The minimum atomic E-state index is 0.000334. The highest BCUT2D eigenvalue weighted by Crippen LogP contribution is 2.41. The zero-order valence-corrected chi connectivity index (χ0v) is 15.6. The van der Waals surface area contributed by atoms with E-state index in [4.69, 9.17) is 9.84 Å². The number of ether oxygens (including phenoxy) is 1. The number of para-hydroxylation sites is 1. The molecule has 0 radical (unpaired) electrons. The van der Waals surface area contributed by atoms with Gasteiger partial charge in [-0.2, -0.15) is 0 Å². The zero-order valence-electron chi connectivity index (χ0n) is 15.6. The number of hydrogen-bond acceptors (Lipinski definition) is 3.